The third-order valence-corrected chi connectivity index (χ3v) is 4.00. The highest BCUT2D eigenvalue weighted by atomic mass is 16.5. The van der Waals surface area contributed by atoms with Gasteiger partial charge in [0.15, 0.2) is 0 Å². The van der Waals surface area contributed by atoms with E-state index in [4.69, 9.17) is 4.74 Å². The summed E-state index contributed by atoms with van der Waals surface area (Å²) < 4.78 is 5.41. The Bertz CT molecular complexity index is 754. The highest BCUT2D eigenvalue weighted by molar-refractivity contribution is 6.02. The van der Waals surface area contributed by atoms with E-state index >= 15 is 0 Å². The SMILES string of the molecule is CCOc1ccc(N(CC(=O)Nc2ccccc2C(C)C)C(C)=O)cc1. The van der Waals surface area contributed by atoms with Gasteiger partial charge >= 0.3 is 0 Å². The molecule has 0 aliphatic rings. The molecule has 0 aliphatic carbocycles. The van der Waals surface area contributed by atoms with Crippen molar-refractivity contribution in [3.8, 4) is 5.75 Å². The number of benzene rings is 2. The number of anilines is 2. The van der Waals surface area contributed by atoms with Crippen molar-refractivity contribution in [3.63, 3.8) is 0 Å². The van der Waals surface area contributed by atoms with Crippen LogP contribution in [0.1, 0.15) is 39.2 Å². The summed E-state index contributed by atoms with van der Waals surface area (Å²) in [6, 6.07) is 14.9. The van der Waals surface area contributed by atoms with Crippen LogP contribution in [-0.4, -0.2) is 25.0 Å². The van der Waals surface area contributed by atoms with Gasteiger partial charge in [-0.2, -0.15) is 0 Å². The largest absolute Gasteiger partial charge is 0.494 e. The summed E-state index contributed by atoms with van der Waals surface area (Å²) >= 11 is 0. The van der Waals surface area contributed by atoms with Crippen LogP contribution >= 0.6 is 0 Å². The predicted octanol–water partition coefficient (Wildman–Crippen LogP) is 4.20. The van der Waals surface area contributed by atoms with E-state index in [2.05, 4.69) is 19.2 Å². The van der Waals surface area contributed by atoms with Crippen molar-refractivity contribution in [1.29, 1.82) is 0 Å². The van der Waals surface area contributed by atoms with E-state index in [0.717, 1.165) is 17.0 Å². The van der Waals surface area contributed by atoms with Gasteiger partial charge in [0, 0.05) is 18.3 Å². The van der Waals surface area contributed by atoms with Gasteiger partial charge in [-0.3, -0.25) is 9.59 Å². The van der Waals surface area contributed by atoms with E-state index in [1.807, 2.05) is 31.2 Å². The van der Waals surface area contributed by atoms with Crippen molar-refractivity contribution in [1.82, 2.24) is 0 Å². The van der Waals surface area contributed by atoms with Crippen LogP contribution in [0.15, 0.2) is 48.5 Å². The van der Waals surface area contributed by atoms with Crippen molar-refractivity contribution < 1.29 is 14.3 Å². The lowest BCUT2D eigenvalue weighted by atomic mass is 10.0. The molecule has 2 amide bonds. The Balaban J connectivity index is 2.12. The highest BCUT2D eigenvalue weighted by Gasteiger charge is 2.17. The second-order valence-electron chi connectivity index (χ2n) is 6.32. The van der Waals surface area contributed by atoms with Crippen molar-refractivity contribution in [3.05, 3.63) is 54.1 Å². The van der Waals surface area contributed by atoms with E-state index < -0.39 is 0 Å². The lowest BCUT2D eigenvalue weighted by Crippen LogP contribution is -2.36. The minimum absolute atomic E-state index is 0.0459. The molecule has 0 unspecified atom stereocenters. The lowest BCUT2D eigenvalue weighted by Gasteiger charge is -2.22. The molecular formula is C21H26N2O3. The molecule has 0 atom stereocenters. The smallest absolute Gasteiger partial charge is 0.244 e. The molecule has 0 heterocycles. The monoisotopic (exact) mass is 354 g/mol. The molecule has 0 saturated carbocycles. The lowest BCUT2D eigenvalue weighted by molar-refractivity contribution is -0.120. The molecule has 138 valence electrons. The molecule has 5 nitrogen and oxygen atoms in total. The second kappa shape index (κ2) is 9.04. The number of nitrogens with zero attached hydrogens (tertiary/aromatic N) is 1. The first kappa shape index (κ1) is 19.5. The number of rotatable bonds is 7. The first-order chi connectivity index (χ1) is 12.4. The van der Waals surface area contributed by atoms with Gasteiger partial charge in [-0.1, -0.05) is 32.0 Å². The van der Waals surface area contributed by atoms with Crippen LogP contribution in [0.25, 0.3) is 0 Å². The zero-order valence-corrected chi connectivity index (χ0v) is 15.8. The molecule has 0 aliphatic heterocycles. The number of hydrogen-bond acceptors (Lipinski definition) is 3. The molecule has 5 heteroatoms. The van der Waals surface area contributed by atoms with Crippen LogP contribution in [0, 0.1) is 0 Å². The van der Waals surface area contributed by atoms with Crippen molar-refractivity contribution in [2.45, 2.75) is 33.6 Å². The van der Waals surface area contributed by atoms with Gasteiger partial charge in [0.05, 0.1) is 6.61 Å². The summed E-state index contributed by atoms with van der Waals surface area (Å²) in [5, 5.41) is 2.92. The van der Waals surface area contributed by atoms with E-state index in [9.17, 15) is 9.59 Å². The number of amides is 2. The molecule has 1 N–H and O–H groups in total. The molecule has 0 bridgehead atoms. The van der Waals surface area contributed by atoms with Gasteiger partial charge in [-0.05, 0) is 48.7 Å². The minimum atomic E-state index is -0.234. The van der Waals surface area contributed by atoms with Gasteiger partial charge in [0.1, 0.15) is 12.3 Å². The average Bonchev–Trinajstić information content (AvgIpc) is 2.61. The number of carbonyl (C=O) groups is 2. The highest BCUT2D eigenvalue weighted by Crippen LogP contribution is 2.24. The fourth-order valence-corrected chi connectivity index (χ4v) is 2.72. The third kappa shape index (κ3) is 5.09. The quantitative estimate of drug-likeness (QED) is 0.811. The van der Waals surface area contributed by atoms with Crippen molar-refractivity contribution in [2.75, 3.05) is 23.4 Å². The summed E-state index contributed by atoms with van der Waals surface area (Å²) in [5.41, 5.74) is 2.51. The van der Waals surface area contributed by atoms with Gasteiger partial charge in [-0.25, -0.2) is 0 Å². The number of para-hydroxylation sites is 1. The number of nitrogens with one attached hydrogen (secondary N) is 1. The van der Waals surface area contributed by atoms with E-state index in [1.165, 1.54) is 11.8 Å². The van der Waals surface area contributed by atoms with Crippen molar-refractivity contribution >= 4 is 23.2 Å². The molecule has 0 spiro atoms. The summed E-state index contributed by atoms with van der Waals surface area (Å²) in [6.45, 7) is 8.05. The Morgan fingerprint density at radius 1 is 1.08 bits per heavy atom. The van der Waals surface area contributed by atoms with Crippen LogP contribution in [0.2, 0.25) is 0 Å². The van der Waals surface area contributed by atoms with Crippen LogP contribution in [0.3, 0.4) is 0 Å². The zero-order chi connectivity index (χ0) is 19.1. The zero-order valence-electron chi connectivity index (χ0n) is 15.8. The Hall–Kier alpha value is -2.82. The normalized spacial score (nSPS) is 10.5. The van der Waals surface area contributed by atoms with E-state index in [-0.39, 0.29) is 18.4 Å². The van der Waals surface area contributed by atoms with Crippen LogP contribution < -0.4 is 15.0 Å². The molecule has 0 fully saturated rings. The van der Waals surface area contributed by atoms with Gasteiger partial charge in [0.2, 0.25) is 11.8 Å². The van der Waals surface area contributed by atoms with Gasteiger partial charge in [0.25, 0.3) is 0 Å². The maximum absolute atomic E-state index is 12.5. The maximum Gasteiger partial charge on any atom is 0.244 e. The number of ether oxygens (including phenoxy) is 1. The molecule has 2 rings (SSSR count). The molecule has 0 saturated heterocycles. The number of carbonyl (C=O) groups excluding carboxylic acids is 2. The first-order valence-electron chi connectivity index (χ1n) is 8.82. The molecular weight excluding hydrogens is 328 g/mol. The number of hydrogen-bond donors (Lipinski definition) is 1. The fraction of sp³-hybridized carbons (Fsp3) is 0.333. The Kier molecular flexibility index (Phi) is 6.78. The predicted molar refractivity (Wildman–Crippen MR) is 105 cm³/mol. The Labute approximate surface area is 155 Å². The Morgan fingerprint density at radius 3 is 2.31 bits per heavy atom. The molecule has 2 aromatic rings. The summed E-state index contributed by atoms with van der Waals surface area (Å²) in [5.74, 6) is 0.597. The van der Waals surface area contributed by atoms with E-state index in [1.54, 1.807) is 24.3 Å². The van der Waals surface area contributed by atoms with E-state index in [0.29, 0.717) is 18.2 Å². The van der Waals surface area contributed by atoms with Gasteiger partial charge in [-0.15, -0.1) is 0 Å². The van der Waals surface area contributed by atoms with Crippen LogP contribution in [-0.2, 0) is 9.59 Å². The summed E-state index contributed by atoms with van der Waals surface area (Å²) in [7, 11) is 0. The topological polar surface area (TPSA) is 58.6 Å². The summed E-state index contributed by atoms with van der Waals surface area (Å²) in [4.78, 5) is 26.0. The Morgan fingerprint density at radius 2 is 1.73 bits per heavy atom. The molecule has 2 aromatic carbocycles. The third-order valence-electron chi connectivity index (χ3n) is 4.00. The van der Waals surface area contributed by atoms with Gasteiger partial charge < -0.3 is 15.0 Å². The summed E-state index contributed by atoms with van der Waals surface area (Å²) in [6.07, 6.45) is 0. The first-order valence-corrected chi connectivity index (χ1v) is 8.82. The molecule has 26 heavy (non-hydrogen) atoms. The van der Waals surface area contributed by atoms with Crippen molar-refractivity contribution in [2.24, 2.45) is 0 Å². The second-order valence-corrected chi connectivity index (χ2v) is 6.32. The van der Waals surface area contributed by atoms with Crippen LogP contribution in [0.5, 0.6) is 5.75 Å². The standard InChI is InChI=1S/C21H26N2O3/c1-5-26-18-12-10-17(11-13-18)23(16(4)24)14-21(25)22-20-9-7-6-8-19(20)15(2)3/h6-13,15H,5,14H2,1-4H3,(H,22,25). The average molecular weight is 354 g/mol. The fourth-order valence-electron chi connectivity index (χ4n) is 2.72. The maximum atomic E-state index is 12.5. The minimum Gasteiger partial charge on any atom is -0.494 e. The molecule has 0 radical (unpaired) electrons. The van der Waals surface area contributed by atoms with Crippen LogP contribution in [0.4, 0.5) is 11.4 Å². The molecule has 0 aromatic heterocycles.